The van der Waals surface area contributed by atoms with Gasteiger partial charge in [0, 0.05) is 0 Å². The van der Waals surface area contributed by atoms with E-state index in [0.717, 1.165) is 32.8 Å². The molecule has 3 aromatic rings. The number of anilines is 1. The zero-order valence-electron chi connectivity index (χ0n) is 20.3. The number of hydrogen-bond donors (Lipinski definition) is 1. The van der Waals surface area contributed by atoms with Crippen LogP contribution in [0.2, 0.25) is 0 Å². The highest BCUT2D eigenvalue weighted by Gasteiger charge is 2.22. The van der Waals surface area contributed by atoms with Crippen molar-refractivity contribution < 1.29 is 17.9 Å². The molecule has 0 saturated heterocycles. The maximum Gasteiger partial charge on any atom is 0.241 e. The van der Waals surface area contributed by atoms with Crippen molar-refractivity contribution in [3.05, 3.63) is 94.5 Å². The normalized spacial score (nSPS) is 12.1. The van der Waals surface area contributed by atoms with Crippen LogP contribution >= 0.6 is 0 Å². The molecular formula is C27H32N2O4S. The van der Waals surface area contributed by atoms with Crippen LogP contribution in [0.3, 0.4) is 0 Å². The van der Waals surface area contributed by atoms with Gasteiger partial charge in [-0.3, -0.25) is 9.10 Å². The summed E-state index contributed by atoms with van der Waals surface area (Å²) < 4.78 is 31.8. The number of amides is 1. The molecule has 0 bridgehead atoms. The first-order valence-electron chi connectivity index (χ1n) is 11.2. The minimum atomic E-state index is -3.67. The van der Waals surface area contributed by atoms with Crippen LogP contribution in [0.5, 0.6) is 5.75 Å². The number of hydrogen-bond acceptors (Lipinski definition) is 4. The molecule has 1 atom stereocenters. The van der Waals surface area contributed by atoms with E-state index in [1.807, 2.05) is 51.1 Å². The summed E-state index contributed by atoms with van der Waals surface area (Å²) in [7, 11) is -3.67. The van der Waals surface area contributed by atoms with Crippen molar-refractivity contribution in [2.75, 3.05) is 17.1 Å². The molecule has 0 aliphatic rings. The summed E-state index contributed by atoms with van der Waals surface area (Å²) in [5.41, 5.74) is 5.88. The number of nitrogens with zero attached hydrogens (tertiary/aromatic N) is 1. The lowest BCUT2D eigenvalue weighted by Gasteiger charge is -2.24. The fourth-order valence-corrected chi connectivity index (χ4v) is 4.65. The Labute approximate surface area is 202 Å². The highest BCUT2D eigenvalue weighted by atomic mass is 32.2. The fourth-order valence-electron chi connectivity index (χ4n) is 3.79. The van der Waals surface area contributed by atoms with Gasteiger partial charge in [0.25, 0.3) is 0 Å². The Kier molecular flexibility index (Phi) is 7.99. The van der Waals surface area contributed by atoms with Crippen LogP contribution in [0.4, 0.5) is 5.69 Å². The van der Waals surface area contributed by atoms with Gasteiger partial charge in [-0.25, -0.2) is 8.42 Å². The van der Waals surface area contributed by atoms with Gasteiger partial charge in [0.2, 0.25) is 15.9 Å². The molecule has 0 aromatic heterocycles. The van der Waals surface area contributed by atoms with Crippen molar-refractivity contribution in [1.29, 1.82) is 0 Å². The zero-order valence-corrected chi connectivity index (χ0v) is 21.1. The number of carbonyl (C=O) groups excluding carboxylic acids is 1. The van der Waals surface area contributed by atoms with Crippen molar-refractivity contribution in [1.82, 2.24) is 5.32 Å². The second-order valence-electron chi connectivity index (χ2n) is 8.62. The van der Waals surface area contributed by atoms with Gasteiger partial charge in [0.05, 0.1) is 18.0 Å². The van der Waals surface area contributed by atoms with Crippen LogP contribution in [0.15, 0.2) is 66.7 Å². The van der Waals surface area contributed by atoms with Gasteiger partial charge in [0.1, 0.15) is 18.9 Å². The molecule has 1 amide bonds. The Morgan fingerprint density at radius 1 is 0.941 bits per heavy atom. The molecule has 0 aliphatic heterocycles. The van der Waals surface area contributed by atoms with E-state index >= 15 is 0 Å². The number of ether oxygens (including phenoxy) is 1. The first-order chi connectivity index (χ1) is 16.0. The van der Waals surface area contributed by atoms with E-state index in [1.165, 1.54) is 5.56 Å². The second-order valence-corrected chi connectivity index (χ2v) is 10.5. The Morgan fingerprint density at radius 2 is 1.56 bits per heavy atom. The molecule has 0 aliphatic carbocycles. The van der Waals surface area contributed by atoms with E-state index in [-0.39, 0.29) is 18.5 Å². The van der Waals surface area contributed by atoms with Gasteiger partial charge in [-0.15, -0.1) is 0 Å². The molecule has 180 valence electrons. The number of aryl methyl sites for hydroxylation is 3. The van der Waals surface area contributed by atoms with Gasteiger partial charge in [0.15, 0.2) is 0 Å². The van der Waals surface area contributed by atoms with Crippen LogP contribution in [0.25, 0.3) is 0 Å². The Bertz CT molecular complexity index is 1240. The number of nitrogens with one attached hydrogen (secondary N) is 1. The molecule has 34 heavy (non-hydrogen) atoms. The highest BCUT2D eigenvalue weighted by molar-refractivity contribution is 7.92. The van der Waals surface area contributed by atoms with Gasteiger partial charge in [-0.2, -0.15) is 0 Å². The van der Waals surface area contributed by atoms with Crippen molar-refractivity contribution in [2.24, 2.45) is 0 Å². The molecule has 7 heteroatoms. The molecule has 1 unspecified atom stereocenters. The Balaban J connectivity index is 1.69. The quantitative estimate of drug-likeness (QED) is 0.476. The SMILES string of the molecule is Cc1cc(C)c(C(C)NC(=O)CN(c2ccc(OCc3ccccc3)cc2)S(C)(=O)=O)cc1C. The van der Waals surface area contributed by atoms with Gasteiger partial charge < -0.3 is 10.1 Å². The standard InChI is InChI=1S/C27H32N2O4S/c1-19-15-21(3)26(16-20(19)2)22(4)28-27(30)17-29(34(5,31)32)24-11-13-25(14-12-24)33-18-23-9-7-6-8-10-23/h6-16,22H,17-18H2,1-5H3,(H,28,30). The largest absolute Gasteiger partial charge is 0.489 e. The fraction of sp³-hybridized carbons (Fsp3) is 0.296. The summed E-state index contributed by atoms with van der Waals surface area (Å²) in [5.74, 6) is 0.240. The first kappa shape index (κ1) is 25.3. The van der Waals surface area contributed by atoms with E-state index in [1.54, 1.807) is 24.3 Å². The third-order valence-corrected chi connectivity index (χ3v) is 6.93. The topological polar surface area (TPSA) is 75.7 Å². The summed E-state index contributed by atoms with van der Waals surface area (Å²) in [6.07, 6.45) is 1.09. The lowest BCUT2D eigenvalue weighted by molar-refractivity contribution is -0.120. The second kappa shape index (κ2) is 10.7. The third-order valence-electron chi connectivity index (χ3n) is 5.79. The third kappa shape index (κ3) is 6.60. The molecule has 3 rings (SSSR count). The van der Waals surface area contributed by atoms with E-state index in [0.29, 0.717) is 18.0 Å². The Morgan fingerprint density at radius 3 is 2.18 bits per heavy atom. The van der Waals surface area contributed by atoms with E-state index < -0.39 is 10.0 Å². The molecule has 1 N–H and O–H groups in total. The zero-order chi connectivity index (χ0) is 24.9. The predicted octanol–water partition coefficient (Wildman–Crippen LogP) is 4.83. The monoisotopic (exact) mass is 480 g/mol. The summed E-state index contributed by atoms with van der Waals surface area (Å²) in [6.45, 7) is 8.10. The average Bonchev–Trinajstić information content (AvgIpc) is 2.79. The van der Waals surface area contributed by atoms with E-state index in [4.69, 9.17) is 4.74 Å². The van der Waals surface area contributed by atoms with Gasteiger partial charge in [-0.05, 0) is 79.8 Å². The number of sulfonamides is 1. The Hall–Kier alpha value is -3.32. The molecule has 0 radical (unpaired) electrons. The molecule has 0 heterocycles. The highest BCUT2D eigenvalue weighted by Crippen LogP contribution is 2.24. The van der Waals surface area contributed by atoms with Crippen molar-refractivity contribution >= 4 is 21.6 Å². The van der Waals surface area contributed by atoms with Crippen LogP contribution in [-0.2, 0) is 21.4 Å². The maximum absolute atomic E-state index is 12.8. The average molecular weight is 481 g/mol. The number of rotatable bonds is 9. The molecule has 0 saturated carbocycles. The van der Waals surface area contributed by atoms with E-state index in [2.05, 4.69) is 24.4 Å². The van der Waals surface area contributed by atoms with Crippen molar-refractivity contribution in [2.45, 2.75) is 40.3 Å². The number of carbonyl (C=O) groups is 1. The molecule has 6 nitrogen and oxygen atoms in total. The van der Waals surface area contributed by atoms with Crippen LogP contribution in [0, 0.1) is 20.8 Å². The predicted molar refractivity (Wildman–Crippen MR) is 137 cm³/mol. The van der Waals surface area contributed by atoms with Crippen molar-refractivity contribution in [3.63, 3.8) is 0 Å². The summed E-state index contributed by atoms with van der Waals surface area (Å²) in [4.78, 5) is 12.8. The van der Waals surface area contributed by atoms with Crippen LogP contribution in [-0.4, -0.2) is 27.1 Å². The molecule has 3 aromatic carbocycles. The van der Waals surface area contributed by atoms with Crippen molar-refractivity contribution in [3.8, 4) is 5.75 Å². The molecule has 0 spiro atoms. The lowest BCUT2D eigenvalue weighted by Crippen LogP contribution is -2.41. The van der Waals surface area contributed by atoms with Gasteiger partial charge >= 0.3 is 0 Å². The lowest BCUT2D eigenvalue weighted by atomic mass is 9.96. The summed E-state index contributed by atoms with van der Waals surface area (Å²) >= 11 is 0. The van der Waals surface area contributed by atoms with Gasteiger partial charge in [-0.1, -0.05) is 42.5 Å². The smallest absolute Gasteiger partial charge is 0.241 e. The minimum Gasteiger partial charge on any atom is -0.489 e. The van der Waals surface area contributed by atoms with E-state index in [9.17, 15) is 13.2 Å². The number of benzene rings is 3. The first-order valence-corrected chi connectivity index (χ1v) is 13.0. The molecule has 0 fully saturated rings. The summed E-state index contributed by atoms with van der Waals surface area (Å²) in [5, 5.41) is 2.94. The van der Waals surface area contributed by atoms with Crippen LogP contribution in [0.1, 0.15) is 40.8 Å². The molecular weight excluding hydrogens is 448 g/mol. The summed E-state index contributed by atoms with van der Waals surface area (Å²) in [6, 6.07) is 20.4. The van der Waals surface area contributed by atoms with Crippen LogP contribution < -0.4 is 14.4 Å². The minimum absolute atomic E-state index is 0.248. The maximum atomic E-state index is 12.8.